The summed E-state index contributed by atoms with van der Waals surface area (Å²) in [6.07, 6.45) is 0. The number of carbonyl (C=O) groups is 1. The standard InChI is InChI=1S/C17H13IN4O/c1-2-20-17(23)11-7-8-14(12(9-11)10-19)22-15-6-4-3-5-13(15)16(18)21-22/h3-9H,2H2,1H3,(H,20,23). The molecule has 3 aromatic rings. The first-order valence-corrected chi connectivity index (χ1v) is 8.19. The second kappa shape index (κ2) is 6.38. The summed E-state index contributed by atoms with van der Waals surface area (Å²) in [7, 11) is 0. The number of benzene rings is 2. The first-order valence-electron chi connectivity index (χ1n) is 7.11. The number of aromatic nitrogens is 2. The molecule has 23 heavy (non-hydrogen) atoms. The smallest absolute Gasteiger partial charge is 0.251 e. The Morgan fingerprint density at radius 3 is 2.87 bits per heavy atom. The maximum absolute atomic E-state index is 11.9. The van der Waals surface area contributed by atoms with Gasteiger partial charge in [0, 0.05) is 17.5 Å². The van der Waals surface area contributed by atoms with Crippen molar-refractivity contribution in [3.8, 4) is 11.8 Å². The van der Waals surface area contributed by atoms with Gasteiger partial charge in [0.2, 0.25) is 0 Å². The molecule has 0 aliphatic carbocycles. The van der Waals surface area contributed by atoms with Gasteiger partial charge in [0.1, 0.15) is 9.77 Å². The fourth-order valence-electron chi connectivity index (χ4n) is 2.43. The molecule has 0 atom stereocenters. The van der Waals surface area contributed by atoms with E-state index in [0.29, 0.717) is 23.4 Å². The lowest BCUT2D eigenvalue weighted by Crippen LogP contribution is -2.22. The van der Waals surface area contributed by atoms with Crippen molar-refractivity contribution in [3.05, 3.63) is 57.3 Å². The van der Waals surface area contributed by atoms with Crippen molar-refractivity contribution in [2.75, 3.05) is 6.54 Å². The zero-order valence-electron chi connectivity index (χ0n) is 12.4. The molecule has 6 heteroatoms. The SMILES string of the molecule is CCNC(=O)c1ccc(-n2nc(I)c3ccccc32)c(C#N)c1. The van der Waals surface area contributed by atoms with Crippen LogP contribution in [-0.4, -0.2) is 22.2 Å². The first-order chi connectivity index (χ1) is 11.2. The van der Waals surface area contributed by atoms with E-state index >= 15 is 0 Å². The summed E-state index contributed by atoms with van der Waals surface area (Å²) in [6, 6.07) is 15.1. The molecule has 0 aliphatic heterocycles. The summed E-state index contributed by atoms with van der Waals surface area (Å²) in [5, 5.41) is 17.8. The Kier molecular flexibility index (Phi) is 4.30. The lowest BCUT2D eigenvalue weighted by molar-refractivity contribution is 0.0956. The van der Waals surface area contributed by atoms with Gasteiger partial charge in [0.25, 0.3) is 5.91 Å². The average molecular weight is 416 g/mol. The van der Waals surface area contributed by atoms with Crippen molar-refractivity contribution in [1.82, 2.24) is 15.1 Å². The van der Waals surface area contributed by atoms with Crippen molar-refractivity contribution in [1.29, 1.82) is 5.26 Å². The van der Waals surface area contributed by atoms with Gasteiger partial charge < -0.3 is 5.32 Å². The van der Waals surface area contributed by atoms with Crippen LogP contribution >= 0.6 is 22.6 Å². The molecular formula is C17H13IN4O. The minimum atomic E-state index is -0.185. The highest BCUT2D eigenvalue weighted by Crippen LogP contribution is 2.25. The molecule has 1 heterocycles. The van der Waals surface area contributed by atoms with Crippen LogP contribution in [0.1, 0.15) is 22.8 Å². The van der Waals surface area contributed by atoms with Gasteiger partial charge in [-0.15, -0.1) is 0 Å². The first kappa shape index (κ1) is 15.5. The second-order valence-corrected chi connectivity index (χ2v) is 5.94. The van der Waals surface area contributed by atoms with E-state index in [-0.39, 0.29) is 5.91 Å². The molecule has 0 fully saturated rings. The molecule has 1 N–H and O–H groups in total. The number of nitriles is 1. The lowest BCUT2D eigenvalue weighted by Gasteiger charge is -2.08. The van der Waals surface area contributed by atoms with Crippen LogP contribution in [0.3, 0.4) is 0 Å². The topological polar surface area (TPSA) is 70.7 Å². The summed E-state index contributed by atoms with van der Waals surface area (Å²) in [5.74, 6) is -0.185. The number of nitrogens with one attached hydrogen (secondary N) is 1. The number of fused-ring (bicyclic) bond motifs is 1. The van der Waals surface area contributed by atoms with Crippen molar-refractivity contribution in [2.24, 2.45) is 0 Å². The van der Waals surface area contributed by atoms with Crippen LogP contribution in [0.5, 0.6) is 0 Å². The number of amides is 1. The number of hydrogen-bond donors (Lipinski definition) is 1. The third-order valence-corrected chi connectivity index (χ3v) is 4.28. The van der Waals surface area contributed by atoms with Gasteiger partial charge in [-0.2, -0.15) is 10.4 Å². The number of nitrogens with zero attached hydrogens (tertiary/aromatic N) is 3. The number of para-hydroxylation sites is 1. The van der Waals surface area contributed by atoms with E-state index in [9.17, 15) is 10.1 Å². The van der Waals surface area contributed by atoms with E-state index in [1.165, 1.54) is 0 Å². The lowest BCUT2D eigenvalue weighted by atomic mass is 10.1. The van der Waals surface area contributed by atoms with Crippen LogP contribution in [-0.2, 0) is 0 Å². The predicted octanol–water partition coefficient (Wildman–Crippen LogP) is 3.25. The molecular weight excluding hydrogens is 403 g/mol. The minimum Gasteiger partial charge on any atom is -0.352 e. The van der Waals surface area contributed by atoms with E-state index in [1.54, 1.807) is 22.9 Å². The van der Waals surface area contributed by atoms with Crippen LogP contribution < -0.4 is 5.32 Å². The maximum atomic E-state index is 11.9. The van der Waals surface area contributed by atoms with Crippen LogP contribution in [0.15, 0.2) is 42.5 Å². The van der Waals surface area contributed by atoms with E-state index in [2.05, 4.69) is 39.1 Å². The van der Waals surface area contributed by atoms with Crippen LogP contribution in [0.2, 0.25) is 0 Å². The van der Waals surface area contributed by atoms with E-state index in [1.807, 2.05) is 31.2 Å². The molecule has 1 aromatic heterocycles. The molecule has 114 valence electrons. The summed E-state index contributed by atoms with van der Waals surface area (Å²) in [4.78, 5) is 11.9. The van der Waals surface area contributed by atoms with Crippen molar-refractivity contribution >= 4 is 39.4 Å². The molecule has 2 aromatic carbocycles. The second-order valence-electron chi connectivity index (χ2n) is 4.92. The maximum Gasteiger partial charge on any atom is 0.251 e. The summed E-state index contributed by atoms with van der Waals surface area (Å²) >= 11 is 2.18. The van der Waals surface area contributed by atoms with Crippen LogP contribution in [0, 0.1) is 15.0 Å². The molecule has 0 aliphatic rings. The normalized spacial score (nSPS) is 10.5. The summed E-state index contributed by atoms with van der Waals surface area (Å²) < 4.78 is 2.62. The molecule has 1 amide bonds. The Labute approximate surface area is 147 Å². The molecule has 5 nitrogen and oxygen atoms in total. The highest BCUT2D eigenvalue weighted by Gasteiger charge is 2.14. The molecule has 3 rings (SSSR count). The van der Waals surface area contributed by atoms with Gasteiger partial charge in [-0.25, -0.2) is 4.68 Å². The predicted molar refractivity (Wildman–Crippen MR) is 96.5 cm³/mol. The fourth-order valence-corrected chi connectivity index (χ4v) is 3.10. The largest absolute Gasteiger partial charge is 0.352 e. The van der Waals surface area contributed by atoms with Crippen LogP contribution in [0.4, 0.5) is 0 Å². The Balaban J connectivity index is 2.16. The van der Waals surface area contributed by atoms with E-state index < -0.39 is 0 Å². The number of rotatable bonds is 3. The number of carbonyl (C=O) groups excluding carboxylic acids is 1. The van der Waals surface area contributed by atoms with Gasteiger partial charge in [-0.3, -0.25) is 4.79 Å². The third-order valence-electron chi connectivity index (χ3n) is 3.49. The van der Waals surface area contributed by atoms with E-state index in [4.69, 9.17) is 0 Å². The van der Waals surface area contributed by atoms with Gasteiger partial charge in [-0.05, 0) is 53.8 Å². The van der Waals surface area contributed by atoms with Gasteiger partial charge in [-0.1, -0.05) is 18.2 Å². The fraction of sp³-hybridized carbons (Fsp3) is 0.118. The summed E-state index contributed by atoms with van der Waals surface area (Å²) in [6.45, 7) is 2.40. The highest BCUT2D eigenvalue weighted by molar-refractivity contribution is 14.1. The molecule has 0 bridgehead atoms. The van der Waals surface area contributed by atoms with Crippen molar-refractivity contribution in [2.45, 2.75) is 6.92 Å². The Morgan fingerprint density at radius 1 is 1.35 bits per heavy atom. The van der Waals surface area contributed by atoms with Crippen molar-refractivity contribution in [3.63, 3.8) is 0 Å². The quantitative estimate of drug-likeness (QED) is 0.667. The zero-order valence-corrected chi connectivity index (χ0v) is 14.5. The number of hydrogen-bond acceptors (Lipinski definition) is 3. The Morgan fingerprint density at radius 2 is 2.13 bits per heavy atom. The molecule has 0 spiro atoms. The monoisotopic (exact) mass is 416 g/mol. The minimum absolute atomic E-state index is 0.185. The average Bonchev–Trinajstić information content (AvgIpc) is 2.91. The van der Waals surface area contributed by atoms with Gasteiger partial charge in [0.15, 0.2) is 0 Å². The Hall–Kier alpha value is -2.40. The zero-order chi connectivity index (χ0) is 16.4. The third kappa shape index (κ3) is 2.80. The molecule has 0 unspecified atom stereocenters. The Bertz CT molecular complexity index is 939. The summed E-state index contributed by atoms with van der Waals surface area (Å²) in [5.41, 5.74) is 2.48. The van der Waals surface area contributed by atoms with Crippen LogP contribution in [0.25, 0.3) is 16.6 Å². The van der Waals surface area contributed by atoms with E-state index in [0.717, 1.165) is 14.6 Å². The van der Waals surface area contributed by atoms with Gasteiger partial charge in [0.05, 0.1) is 16.8 Å². The molecule has 0 saturated carbocycles. The van der Waals surface area contributed by atoms with Gasteiger partial charge >= 0.3 is 0 Å². The number of halogens is 1. The molecule has 0 radical (unpaired) electrons. The van der Waals surface area contributed by atoms with Crippen molar-refractivity contribution < 1.29 is 4.79 Å². The molecule has 0 saturated heterocycles. The highest BCUT2D eigenvalue weighted by atomic mass is 127.